The van der Waals surface area contributed by atoms with Gasteiger partial charge in [-0.1, -0.05) is 43.7 Å². The molecule has 4 aromatic rings. The molecular weight excluding hydrogens is 352 g/mol. The molecule has 0 aromatic heterocycles. The summed E-state index contributed by atoms with van der Waals surface area (Å²) in [5, 5.41) is 2.81. The summed E-state index contributed by atoms with van der Waals surface area (Å²) in [7, 11) is 0. The van der Waals surface area contributed by atoms with Gasteiger partial charge in [0.2, 0.25) is 0 Å². The van der Waals surface area contributed by atoms with Crippen molar-refractivity contribution >= 4 is 21.5 Å². The Balaban J connectivity index is 1.91. The van der Waals surface area contributed by atoms with Crippen molar-refractivity contribution in [1.29, 1.82) is 0 Å². The fourth-order valence-corrected chi connectivity index (χ4v) is 3.51. The van der Waals surface area contributed by atoms with Crippen LogP contribution in [-0.2, 0) is 6.42 Å². The number of hydrogen-bond acceptors (Lipinski definition) is 0. The predicted octanol–water partition coefficient (Wildman–Crippen LogP) is 7.17. The summed E-state index contributed by atoms with van der Waals surface area (Å²) < 4.78 is 55.0. The molecule has 0 amide bonds. The SMILES string of the molecule is CCCc1ccc2c(c1)cc(F)c1cc(-c3cc(F)c(F)c(F)c3)ccc12. The molecule has 4 aromatic carbocycles. The summed E-state index contributed by atoms with van der Waals surface area (Å²) in [5.74, 6) is -4.46. The second-order valence-electron chi connectivity index (χ2n) is 6.68. The minimum atomic E-state index is -1.51. The molecule has 27 heavy (non-hydrogen) atoms. The molecule has 0 aliphatic heterocycles. The molecule has 0 radical (unpaired) electrons. The fourth-order valence-electron chi connectivity index (χ4n) is 3.51. The molecule has 4 rings (SSSR count). The molecule has 0 aliphatic carbocycles. The molecule has 0 fully saturated rings. The maximum absolute atomic E-state index is 14.7. The number of rotatable bonds is 3. The summed E-state index contributed by atoms with van der Waals surface area (Å²) in [6, 6.07) is 14.2. The van der Waals surface area contributed by atoms with Gasteiger partial charge in [-0.2, -0.15) is 0 Å². The fraction of sp³-hybridized carbons (Fsp3) is 0.130. The van der Waals surface area contributed by atoms with Crippen LogP contribution in [0.15, 0.2) is 54.6 Å². The minimum absolute atomic E-state index is 0.158. The molecule has 0 nitrogen and oxygen atoms in total. The summed E-state index contributed by atoms with van der Waals surface area (Å²) in [6.45, 7) is 2.09. The molecule has 0 N–H and O–H groups in total. The van der Waals surface area contributed by atoms with Crippen molar-refractivity contribution in [2.75, 3.05) is 0 Å². The Morgan fingerprint density at radius 3 is 2.04 bits per heavy atom. The van der Waals surface area contributed by atoms with Crippen LogP contribution >= 0.6 is 0 Å². The molecule has 4 heteroatoms. The van der Waals surface area contributed by atoms with Crippen molar-refractivity contribution in [1.82, 2.24) is 0 Å². The van der Waals surface area contributed by atoms with Gasteiger partial charge < -0.3 is 0 Å². The largest absolute Gasteiger partial charge is 0.206 e. The van der Waals surface area contributed by atoms with Gasteiger partial charge >= 0.3 is 0 Å². The van der Waals surface area contributed by atoms with Crippen molar-refractivity contribution in [3.8, 4) is 11.1 Å². The maximum atomic E-state index is 14.7. The van der Waals surface area contributed by atoms with Crippen molar-refractivity contribution in [2.24, 2.45) is 0 Å². The monoisotopic (exact) mass is 368 g/mol. The van der Waals surface area contributed by atoms with Gasteiger partial charge in [-0.25, -0.2) is 17.6 Å². The summed E-state index contributed by atoms with van der Waals surface area (Å²) >= 11 is 0. The number of benzene rings is 4. The number of aryl methyl sites for hydroxylation is 1. The van der Waals surface area contributed by atoms with Crippen LogP contribution in [0.2, 0.25) is 0 Å². The maximum Gasteiger partial charge on any atom is 0.194 e. The molecule has 0 heterocycles. The Bertz CT molecular complexity index is 1160. The average Bonchev–Trinajstić information content (AvgIpc) is 2.65. The van der Waals surface area contributed by atoms with Gasteiger partial charge in [0.25, 0.3) is 0 Å². The van der Waals surface area contributed by atoms with Crippen LogP contribution in [0, 0.1) is 23.3 Å². The van der Waals surface area contributed by atoms with Crippen molar-refractivity contribution in [3.05, 3.63) is 83.4 Å². The third-order valence-corrected chi connectivity index (χ3v) is 4.82. The van der Waals surface area contributed by atoms with Crippen LogP contribution in [0.4, 0.5) is 17.6 Å². The van der Waals surface area contributed by atoms with Gasteiger partial charge in [0.05, 0.1) is 0 Å². The van der Waals surface area contributed by atoms with Crippen molar-refractivity contribution in [2.45, 2.75) is 19.8 Å². The van der Waals surface area contributed by atoms with E-state index >= 15 is 0 Å². The second-order valence-corrected chi connectivity index (χ2v) is 6.68. The Morgan fingerprint density at radius 2 is 1.33 bits per heavy atom. The lowest BCUT2D eigenvalue weighted by Gasteiger charge is -2.10. The van der Waals surface area contributed by atoms with E-state index in [0.717, 1.165) is 46.7 Å². The van der Waals surface area contributed by atoms with E-state index in [2.05, 4.69) is 6.92 Å². The van der Waals surface area contributed by atoms with E-state index in [1.54, 1.807) is 12.1 Å². The Hall–Kier alpha value is -2.88. The highest BCUT2D eigenvalue weighted by Gasteiger charge is 2.13. The zero-order valence-electron chi connectivity index (χ0n) is 14.6. The zero-order chi connectivity index (χ0) is 19.1. The van der Waals surface area contributed by atoms with Crippen LogP contribution in [-0.4, -0.2) is 0 Å². The van der Waals surface area contributed by atoms with Gasteiger partial charge in [0.15, 0.2) is 17.5 Å². The highest BCUT2D eigenvalue weighted by Crippen LogP contribution is 2.33. The zero-order valence-corrected chi connectivity index (χ0v) is 14.6. The van der Waals surface area contributed by atoms with E-state index in [1.807, 2.05) is 18.2 Å². The Labute approximate surface area is 154 Å². The normalized spacial score (nSPS) is 11.4. The van der Waals surface area contributed by atoms with Crippen LogP contribution in [0.25, 0.3) is 32.7 Å². The first-order valence-corrected chi connectivity index (χ1v) is 8.77. The van der Waals surface area contributed by atoms with Crippen molar-refractivity contribution < 1.29 is 17.6 Å². The summed E-state index contributed by atoms with van der Waals surface area (Å²) in [5.41, 5.74) is 1.73. The topological polar surface area (TPSA) is 0 Å². The number of halogens is 4. The van der Waals surface area contributed by atoms with E-state index in [4.69, 9.17) is 0 Å². The van der Waals surface area contributed by atoms with Gasteiger partial charge in [0, 0.05) is 5.39 Å². The quantitative estimate of drug-likeness (QED) is 0.204. The lowest BCUT2D eigenvalue weighted by atomic mass is 9.95. The smallest absolute Gasteiger partial charge is 0.194 e. The standard InChI is InChI=1S/C23H16F4/c1-2-3-13-4-6-17-16(8-13)12-20(24)19-9-14(5-7-18(17)19)15-10-21(25)23(27)22(26)11-15/h4-12H,2-3H2,1H3. The average molecular weight is 368 g/mol. The first-order chi connectivity index (χ1) is 13.0. The Kier molecular flexibility index (Phi) is 4.34. The van der Waals surface area contributed by atoms with Crippen LogP contribution in [0.1, 0.15) is 18.9 Å². The minimum Gasteiger partial charge on any atom is -0.206 e. The number of hydrogen-bond donors (Lipinski definition) is 0. The van der Waals surface area contributed by atoms with Gasteiger partial charge in [-0.3, -0.25) is 0 Å². The van der Waals surface area contributed by atoms with Gasteiger partial charge in [-0.15, -0.1) is 0 Å². The summed E-state index contributed by atoms with van der Waals surface area (Å²) in [4.78, 5) is 0. The molecule has 0 bridgehead atoms. The molecule has 0 saturated carbocycles. The lowest BCUT2D eigenvalue weighted by Crippen LogP contribution is -1.92. The Morgan fingerprint density at radius 1 is 0.630 bits per heavy atom. The first kappa shape index (κ1) is 17.5. The van der Waals surface area contributed by atoms with E-state index in [0.29, 0.717) is 10.9 Å². The van der Waals surface area contributed by atoms with E-state index in [9.17, 15) is 17.6 Å². The highest BCUT2D eigenvalue weighted by molar-refractivity contribution is 6.08. The number of fused-ring (bicyclic) bond motifs is 3. The predicted molar refractivity (Wildman–Crippen MR) is 101 cm³/mol. The third-order valence-electron chi connectivity index (χ3n) is 4.82. The van der Waals surface area contributed by atoms with E-state index in [-0.39, 0.29) is 5.56 Å². The van der Waals surface area contributed by atoms with Gasteiger partial charge in [-0.05, 0) is 63.5 Å². The van der Waals surface area contributed by atoms with E-state index < -0.39 is 23.3 Å². The molecular formula is C23H16F4. The van der Waals surface area contributed by atoms with Crippen LogP contribution in [0.3, 0.4) is 0 Å². The molecule has 0 spiro atoms. The molecule has 0 atom stereocenters. The third kappa shape index (κ3) is 3.05. The molecule has 136 valence electrons. The molecule has 0 unspecified atom stereocenters. The second kappa shape index (κ2) is 6.69. The van der Waals surface area contributed by atoms with Gasteiger partial charge in [0.1, 0.15) is 5.82 Å². The highest BCUT2D eigenvalue weighted by atomic mass is 19.2. The molecule has 0 saturated heterocycles. The van der Waals surface area contributed by atoms with Crippen LogP contribution in [0.5, 0.6) is 0 Å². The summed E-state index contributed by atoms with van der Waals surface area (Å²) in [6.07, 6.45) is 1.94. The molecule has 0 aliphatic rings. The lowest BCUT2D eigenvalue weighted by molar-refractivity contribution is 0.448. The first-order valence-electron chi connectivity index (χ1n) is 8.77. The van der Waals surface area contributed by atoms with E-state index in [1.165, 1.54) is 12.1 Å². The van der Waals surface area contributed by atoms with Crippen molar-refractivity contribution in [3.63, 3.8) is 0 Å². The van der Waals surface area contributed by atoms with Crippen LogP contribution < -0.4 is 0 Å².